The number of urea groups is 1. The van der Waals surface area contributed by atoms with E-state index in [9.17, 15) is 14.7 Å². The number of ether oxygens (including phenoxy) is 1. The minimum Gasteiger partial charge on any atom is -0.481 e. The lowest BCUT2D eigenvalue weighted by Gasteiger charge is -2.30. The Hall–Kier alpha value is -2.73. The van der Waals surface area contributed by atoms with Crippen molar-refractivity contribution in [3.8, 4) is 11.5 Å². The smallest absolute Gasteiger partial charge is 0.321 e. The Bertz CT molecular complexity index is 812. The highest BCUT2D eigenvalue weighted by atomic mass is 35.5. The number of carbonyl (C=O) groups is 2. The number of nitrogens with one attached hydrogen (secondary N) is 1. The van der Waals surface area contributed by atoms with Crippen molar-refractivity contribution in [2.45, 2.75) is 12.8 Å². The number of hydrogen-bond donors (Lipinski definition) is 2. The van der Waals surface area contributed by atoms with Gasteiger partial charge in [0, 0.05) is 13.1 Å². The molecule has 0 aliphatic carbocycles. The molecule has 3 rings (SSSR count). The molecule has 1 atom stereocenters. The number of nitrogens with zero attached hydrogens (tertiary/aromatic N) is 1. The van der Waals surface area contributed by atoms with E-state index in [1.165, 1.54) is 4.90 Å². The van der Waals surface area contributed by atoms with E-state index in [-0.39, 0.29) is 12.6 Å². The molecule has 7 heteroatoms. The van der Waals surface area contributed by atoms with Crippen LogP contribution < -0.4 is 10.1 Å². The van der Waals surface area contributed by atoms with Crippen molar-refractivity contribution in [1.29, 1.82) is 0 Å². The zero-order valence-electron chi connectivity index (χ0n) is 14.0. The Balaban J connectivity index is 1.73. The second kappa shape index (κ2) is 8.10. The third-order valence-corrected chi connectivity index (χ3v) is 4.56. The quantitative estimate of drug-likeness (QED) is 0.828. The molecule has 2 N–H and O–H groups in total. The van der Waals surface area contributed by atoms with Crippen LogP contribution in [0.2, 0.25) is 5.02 Å². The van der Waals surface area contributed by atoms with Crippen molar-refractivity contribution >= 4 is 29.3 Å². The van der Waals surface area contributed by atoms with Gasteiger partial charge < -0.3 is 20.1 Å². The molecule has 1 heterocycles. The fourth-order valence-electron chi connectivity index (χ4n) is 2.86. The second-order valence-corrected chi connectivity index (χ2v) is 6.49. The highest BCUT2D eigenvalue weighted by molar-refractivity contribution is 6.32. The number of likely N-dealkylation sites (tertiary alicyclic amines) is 1. The number of carbonyl (C=O) groups excluding carboxylic acids is 1. The van der Waals surface area contributed by atoms with Gasteiger partial charge in [-0.2, -0.15) is 0 Å². The van der Waals surface area contributed by atoms with E-state index >= 15 is 0 Å². The van der Waals surface area contributed by atoms with Crippen molar-refractivity contribution in [3.05, 3.63) is 53.6 Å². The van der Waals surface area contributed by atoms with Crippen LogP contribution in [0.15, 0.2) is 48.5 Å². The van der Waals surface area contributed by atoms with E-state index in [1.54, 1.807) is 42.5 Å². The van der Waals surface area contributed by atoms with Gasteiger partial charge in [0.2, 0.25) is 0 Å². The minimum atomic E-state index is -0.870. The topological polar surface area (TPSA) is 78.9 Å². The SMILES string of the molecule is O=C(O)C1CCCN(C(=O)Nc2ccccc2Oc2ccccc2Cl)C1. The van der Waals surface area contributed by atoms with Crippen LogP contribution in [-0.4, -0.2) is 35.1 Å². The molecule has 1 saturated heterocycles. The lowest BCUT2D eigenvalue weighted by atomic mass is 9.99. The summed E-state index contributed by atoms with van der Waals surface area (Å²) in [6.07, 6.45) is 1.26. The molecule has 2 aromatic carbocycles. The molecule has 0 bridgehead atoms. The van der Waals surface area contributed by atoms with Gasteiger partial charge in [-0.3, -0.25) is 4.79 Å². The highest BCUT2D eigenvalue weighted by Crippen LogP contribution is 2.33. The normalized spacial score (nSPS) is 16.8. The summed E-state index contributed by atoms with van der Waals surface area (Å²) in [6, 6.07) is 13.8. The molecule has 2 aromatic rings. The van der Waals surface area contributed by atoms with Gasteiger partial charge in [-0.1, -0.05) is 35.9 Å². The first kappa shape index (κ1) is 18.1. The average molecular weight is 375 g/mol. The molecule has 0 radical (unpaired) electrons. The average Bonchev–Trinajstić information content (AvgIpc) is 2.65. The fourth-order valence-corrected chi connectivity index (χ4v) is 3.04. The lowest BCUT2D eigenvalue weighted by Crippen LogP contribution is -2.44. The third kappa shape index (κ3) is 4.26. The Morgan fingerprint density at radius 1 is 1.12 bits per heavy atom. The molecule has 0 aromatic heterocycles. The maximum atomic E-state index is 12.5. The summed E-state index contributed by atoms with van der Waals surface area (Å²) in [7, 11) is 0. The van der Waals surface area contributed by atoms with Crippen LogP contribution in [0.25, 0.3) is 0 Å². The van der Waals surface area contributed by atoms with Crippen molar-refractivity contribution < 1.29 is 19.4 Å². The second-order valence-electron chi connectivity index (χ2n) is 6.08. The van der Waals surface area contributed by atoms with Gasteiger partial charge in [-0.05, 0) is 37.1 Å². The summed E-state index contributed by atoms with van der Waals surface area (Å²) in [5, 5.41) is 12.4. The van der Waals surface area contributed by atoms with Crippen LogP contribution in [0.4, 0.5) is 10.5 Å². The molecule has 1 fully saturated rings. The number of para-hydroxylation sites is 3. The summed E-state index contributed by atoms with van der Waals surface area (Å²) in [5.74, 6) is -0.449. The van der Waals surface area contributed by atoms with Gasteiger partial charge >= 0.3 is 12.0 Å². The zero-order valence-corrected chi connectivity index (χ0v) is 14.8. The predicted molar refractivity (Wildman–Crippen MR) is 98.9 cm³/mol. The van der Waals surface area contributed by atoms with Crippen molar-refractivity contribution in [2.75, 3.05) is 18.4 Å². The van der Waals surface area contributed by atoms with Gasteiger partial charge in [0.1, 0.15) is 5.75 Å². The number of carboxylic acids is 1. The molecule has 0 spiro atoms. The summed E-state index contributed by atoms with van der Waals surface area (Å²) < 4.78 is 5.83. The number of hydrogen-bond acceptors (Lipinski definition) is 3. The van der Waals surface area contributed by atoms with Crippen LogP contribution >= 0.6 is 11.6 Å². The molecule has 1 unspecified atom stereocenters. The Morgan fingerprint density at radius 2 is 1.81 bits per heavy atom. The Morgan fingerprint density at radius 3 is 2.54 bits per heavy atom. The highest BCUT2D eigenvalue weighted by Gasteiger charge is 2.28. The summed E-state index contributed by atoms with van der Waals surface area (Å²) >= 11 is 6.12. The first-order chi connectivity index (χ1) is 12.5. The molecular formula is C19H19ClN2O4. The molecule has 1 aliphatic heterocycles. The maximum absolute atomic E-state index is 12.5. The van der Waals surface area contributed by atoms with Crippen LogP contribution in [0.5, 0.6) is 11.5 Å². The molecular weight excluding hydrogens is 356 g/mol. The molecule has 1 aliphatic rings. The van der Waals surface area contributed by atoms with Crippen LogP contribution in [0.3, 0.4) is 0 Å². The molecule has 2 amide bonds. The maximum Gasteiger partial charge on any atom is 0.321 e. The number of carboxylic acid groups (broad SMARTS) is 1. The zero-order chi connectivity index (χ0) is 18.5. The first-order valence-electron chi connectivity index (χ1n) is 8.35. The third-order valence-electron chi connectivity index (χ3n) is 4.24. The van der Waals surface area contributed by atoms with Gasteiger partial charge in [0.05, 0.1) is 16.6 Å². The Kier molecular flexibility index (Phi) is 5.63. The van der Waals surface area contributed by atoms with Crippen molar-refractivity contribution in [1.82, 2.24) is 4.90 Å². The summed E-state index contributed by atoms with van der Waals surface area (Å²) in [4.78, 5) is 25.2. The number of halogens is 1. The van der Waals surface area contributed by atoms with Crippen molar-refractivity contribution in [2.24, 2.45) is 5.92 Å². The first-order valence-corrected chi connectivity index (χ1v) is 8.72. The van der Waals surface area contributed by atoms with Crippen LogP contribution in [-0.2, 0) is 4.79 Å². The van der Waals surface area contributed by atoms with E-state index < -0.39 is 11.9 Å². The van der Waals surface area contributed by atoms with Gasteiger partial charge in [-0.25, -0.2) is 4.79 Å². The molecule has 26 heavy (non-hydrogen) atoms. The van der Waals surface area contributed by atoms with E-state index in [4.69, 9.17) is 16.3 Å². The largest absolute Gasteiger partial charge is 0.481 e. The molecule has 0 saturated carbocycles. The van der Waals surface area contributed by atoms with Crippen LogP contribution in [0.1, 0.15) is 12.8 Å². The predicted octanol–water partition coefficient (Wildman–Crippen LogP) is 4.46. The van der Waals surface area contributed by atoms with Gasteiger partial charge in [-0.15, -0.1) is 0 Å². The summed E-state index contributed by atoms with van der Waals surface area (Å²) in [6.45, 7) is 0.734. The van der Waals surface area contributed by atoms with E-state index in [0.717, 1.165) is 0 Å². The number of piperidine rings is 1. The number of anilines is 1. The number of aliphatic carboxylic acids is 1. The van der Waals surface area contributed by atoms with E-state index in [1.807, 2.05) is 6.07 Å². The van der Waals surface area contributed by atoms with Gasteiger partial charge in [0.25, 0.3) is 0 Å². The lowest BCUT2D eigenvalue weighted by molar-refractivity contribution is -0.143. The molecule has 6 nitrogen and oxygen atoms in total. The minimum absolute atomic E-state index is 0.203. The van der Waals surface area contributed by atoms with E-state index in [2.05, 4.69) is 5.32 Å². The standard InChI is InChI=1S/C19H19ClN2O4/c20-14-7-1-3-9-16(14)26-17-10-4-2-8-15(17)21-19(25)22-11-5-6-13(12-22)18(23)24/h1-4,7-10,13H,5-6,11-12H2,(H,21,25)(H,23,24). The van der Waals surface area contributed by atoms with Crippen LogP contribution in [0, 0.1) is 5.92 Å². The number of benzene rings is 2. The monoisotopic (exact) mass is 374 g/mol. The van der Waals surface area contributed by atoms with E-state index in [0.29, 0.717) is 41.6 Å². The number of amides is 2. The number of rotatable bonds is 4. The van der Waals surface area contributed by atoms with Gasteiger partial charge in [0.15, 0.2) is 5.75 Å². The van der Waals surface area contributed by atoms with Crippen molar-refractivity contribution in [3.63, 3.8) is 0 Å². The summed E-state index contributed by atoms with van der Waals surface area (Å²) in [5.41, 5.74) is 0.495. The Labute approximate surface area is 156 Å². The fraction of sp³-hybridized carbons (Fsp3) is 0.263. The molecule has 136 valence electrons.